The fraction of sp³-hybridized carbons (Fsp3) is 0.333. The molecule has 2 aromatic heterocycles. The van der Waals surface area contributed by atoms with Crippen LogP contribution in [0.5, 0.6) is 0 Å². The van der Waals surface area contributed by atoms with Crippen molar-refractivity contribution in [3.63, 3.8) is 0 Å². The molecule has 0 fully saturated rings. The Hall–Kier alpha value is -8.32. The summed E-state index contributed by atoms with van der Waals surface area (Å²) in [6.07, 6.45) is 2.30. The fourth-order valence-electron chi connectivity index (χ4n) is 9.83. The second-order valence-corrected chi connectivity index (χ2v) is 20.6. The first-order valence-corrected chi connectivity index (χ1v) is 26.7. The summed E-state index contributed by atoms with van der Waals surface area (Å²) >= 11 is 0. The van der Waals surface area contributed by atoms with Gasteiger partial charge in [0.25, 0.3) is 0 Å². The first-order chi connectivity index (χ1) is 37.5. The molecule has 18 heteroatoms. The van der Waals surface area contributed by atoms with Gasteiger partial charge in [-0.05, 0) is 133 Å². The second-order valence-electron chi connectivity index (χ2n) is 20.6. The van der Waals surface area contributed by atoms with Crippen LogP contribution in [0.25, 0.3) is 55.5 Å². The van der Waals surface area contributed by atoms with Crippen molar-refractivity contribution in [2.45, 2.75) is 91.3 Å². The van der Waals surface area contributed by atoms with Crippen LogP contribution in [0.3, 0.4) is 0 Å². The number of amides is 3. The first kappa shape index (κ1) is 55.9. The number of unbranched alkanes of at least 4 members (excludes halogenated alkanes) is 1. The number of aryl methyl sites for hydroxylation is 4. The molecule has 2 atom stereocenters. The molecule has 0 spiro atoms. The number of para-hydroxylation sites is 2. The van der Waals surface area contributed by atoms with Crippen LogP contribution in [-0.2, 0) is 19.2 Å². The van der Waals surface area contributed by atoms with E-state index in [-0.39, 0.29) is 37.9 Å². The molecular weight excluding hydrogens is 981 g/mol. The monoisotopic (exact) mass is 1050 g/mol. The smallest absolute Gasteiger partial charge is 0.243 e. The molecule has 0 aliphatic heterocycles. The molecule has 2 heterocycles. The lowest BCUT2D eigenvalue weighted by atomic mass is 9.90. The normalized spacial score (nSPS) is 12.4. The number of anilines is 4. The van der Waals surface area contributed by atoms with Gasteiger partial charge in [0.15, 0.2) is 5.78 Å². The van der Waals surface area contributed by atoms with Gasteiger partial charge in [-0.2, -0.15) is 0 Å². The first-order valence-electron chi connectivity index (χ1n) is 26.7. The molecule has 14 N–H and O–H groups in total. The SMILES string of the molecule is Cc1cc2nc3cc(C)c(NCC(=O)NCCNC(C)(C)C(=O)C(CCCN)NC(=O)C(CCCCN)NC(=O)CNc4cc5c(cc4C)nc4cc(C)c(N)cc4[n+]5-c4ccccc4)cc3[n+](-c3ccccc3)c2cc1N. The third-order valence-corrected chi connectivity index (χ3v) is 14.3. The average Bonchev–Trinajstić information content (AvgIpc) is 3.61. The van der Waals surface area contributed by atoms with Crippen molar-refractivity contribution >= 4 is 90.4 Å². The number of Topliss-reactive ketones (excluding diaryl/α,β-unsaturated/α-hetero) is 1. The minimum atomic E-state index is -1.11. The zero-order valence-corrected chi connectivity index (χ0v) is 45.6. The maximum absolute atomic E-state index is 14.3. The molecule has 0 aliphatic rings. The topological polar surface area (TPSA) is 278 Å². The van der Waals surface area contributed by atoms with E-state index in [9.17, 15) is 19.2 Å². The minimum Gasteiger partial charge on any atom is -0.398 e. The Balaban J connectivity index is 0.886. The van der Waals surface area contributed by atoms with Crippen LogP contribution in [-0.4, -0.2) is 90.4 Å². The van der Waals surface area contributed by atoms with Gasteiger partial charge in [-0.1, -0.05) is 36.4 Å². The number of rotatable bonds is 24. The molecule has 6 aromatic carbocycles. The van der Waals surface area contributed by atoms with Crippen LogP contribution in [0.15, 0.2) is 109 Å². The maximum Gasteiger partial charge on any atom is 0.243 e. The Morgan fingerprint density at radius 3 is 1.47 bits per heavy atom. The number of hydrogen-bond donors (Lipinski definition) is 10. The predicted molar refractivity (Wildman–Crippen MR) is 311 cm³/mol. The van der Waals surface area contributed by atoms with Crippen LogP contribution in [0.1, 0.15) is 68.2 Å². The average molecular weight is 1060 g/mol. The number of aromatic nitrogens is 4. The van der Waals surface area contributed by atoms with E-state index in [1.54, 1.807) is 13.8 Å². The van der Waals surface area contributed by atoms with Crippen LogP contribution in [0.4, 0.5) is 22.7 Å². The summed E-state index contributed by atoms with van der Waals surface area (Å²) in [5, 5.41) is 18.7. The standard InChI is InChI=1S/C60H72N14O4/c1-36-26-48-52(30-42(36)63)73(40-16-9-7-10-17-40)54-32-46(38(3)28-50(54)69-48)66-34-56(75)65-24-25-68-60(5,6)58(77)44(21-15-23-62)72-59(78)45(20-13-14-22-61)71-57(76)35-67-47-33-55-51(29-39(47)4)70-49-27-37(2)43(64)31-53(49)74(55)41-18-11-8-12-19-41/h7-12,16-19,26-33,44-45,68H,13-15,20-25,34-35,61-62H2,1-6H3,(H7,63,64,65,66,67,71,72,75,76,78)/p+2. The van der Waals surface area contributed by atoms with Gasteiger partial charge in [0.05, 0.1) is 24.7 Å². The summed E-state index contributed by atoms with van der Waals surface area (Å²) in [5.74, 6) is -1.38. The van der Waals surface area contributed by atoms with Crippen molar-refractivity contribution in [2.24, 2.45) is 11.5 Å². The number of benzene rings is 6. The summed E-state index contributed by atoms with van der Waals surface area (Å²) in [4.78, 5) is 65.5. The predicted octanol–water partition coefficient (Wildman–Crippen LogP) is 5.46. The summed E-state index contributed by atoms with van der Waals surface area (Å²) < 4.78 is 4.24. The Labute approximate surface area is 455 Å². The van der Waals surface area contributed by atoms with E-state index in [1.165, 1.54) is 0 Å². The molecule has 0 aliphatic carbocycles. The highest BCUT2D eigenvalue weighted by Crippen LogP contribution is 2.28. The Morgan fingerprint density at radius 2 is 0.987 bits per heavy atom. The number of hydrogen-bond acceptors (Lipinski definition) is 13. The number of nitrogens with one attached hydrogen (secondary N) is 6. The van der Waals surface area contributed by atoms with Crippen molar-refractivity contribution in [3.05, 3.63) is 131 Å². The van der Waals surface area contributed by atoms with Crippen LogP contribution in [0, 0.1) is 27.7 Å². The largest absolute Gasteiger partial charge is 0.398 e. The summed E-state index contributed by atoms with van der Waals surface area (Å²) in [7, 11) is 0. The van der Waals surface area contributed by atoms with E-state index in [4.69, 9.17) is 32.9 Å². The van der Waals surface area contributed by atoms with Gasteiger partial charge in [-0.25, -0.2) is 9.97 Å². The third-order valence-electron chi connectivity index (χ3n) is 14.3. The van der Waals surface area contributed by atoms with Gasteiger partial charge in [0.2, 0.25) is 51.2 Å². The quantitative estimate of drug-likeness (QED) is 0.0156. The van der Waals surface area contributed by atoms with E-state index in [0.29, 0.717) is 62.3 Å². The molecule has 0 saturated carbocycles. The number of nitrogens with two attached hydrogens (primary N) is 4. The fourth-order valence-corrected chi connectivity index (χ4v) is 9.83. The van der Waals surface area contributed by atoms with Gasteiger partial charge >= 0.3 is 0 Å². The molecule has 8 rings (SSSR count). The zero-order valence-electron chi connectivity index (χ0n) is 45.6. The van der Waals surface area contributed by atoms with Crippen molar-refractivity contribution < 1.29 is 28.3 Å². The number of nitrogen functional groups attached to an aromatic ring is 2. The molecule has 2 unspecified atom stereocenters. The lowest BCUT2D eigenvalue weighted by Gasteiger charge is -2.31. The highest BCUT2D eigenvalue weighted by molar-refractivity contribution is 5.97. The Bertz CT molecular complexity index is 3520. The number of carbonyl (C=O) groups excluding carboxylic acids is 4. The highest BCUT2D eigenvalue weighted by Gasteiger charge is 2.35. The van der Waals surface area contributed by atoms with Crippen LogP contribution >= 0.6 is 0 Å². The van der Waals surface area contributed by atoms with E-state index >= 15 is 0 Å². The number of nitrogens with zero attached hydrogens (tertiary/aromatic N) is 4. The number of ketones is 1. The lowest BCUT2D eigenvalue weighted by Crippen LogP contribution is -2.59. The maximum atomic E-state index is 14.3. The molecule has 406 valence electrons. The van der Waals surface area contributed by atoms with Crippen LogP contribution in [0.2, 0.25) is 0 Å². The van der Waals surface area contributed by atoms with Gasteiger partial charge in [0, 0.05) is 84.4 Å². The van der Waals surface area contributed by atoms with Gasteiger partial charge < -0.3 is 54.8 Å². The van der Waals surface area contributed by atoms with Crippen LogP contribution < -0.4 is 64.0 Å². The molecular formula is C60H74N14O4+2. The summed E-state index contributed by atoms with van der Waals surface area (Å²) in [6, 6.07) is 33.9. The van der Waals surface area contributed by atoms with Crippen molar-refractivity contribution in [1.29, 1.82) is 0 Å². The molecule has 78 heavy (non-hydrogen) atoms. The van der Waals surface area contributed by atoms with E-state index in [2.05, 4.69) is 41.0 Å². The van der Waals surface area contributed by atoms with Crippen molar-refractivity contribution in [1.82, 2.24) is 31.2 Å². The van der Waals surface area contributed by atoms with E-state index in [0.717, 1.165) is 83.4 Å². The Kier molecular flexibility index (Phi) is 17.8. The van der Waals surface area contributed by atoms with Crippen molar-refractivity contribution in [2.75, 3.05) is 61.4 Å². The van der Waals surface area contributed by atoms with E-state index < -0.39 is 29.4 Å². The lowest BCUT2D eigenvalue weighted by molar-refractivity contribution is -0.538. The number of fused-ring (bicyclic) bond motifs is 4. The zero-order chi connectivity index (χ0) is 55.7. The van der Waals surface area contributed by atoms with Crippen molar-refractivity contribution in [3.8, 4) is 11.4 Å². The van der Waals surface area contributed by atoms with Gasteiger partial charge in [0.1, 0.15) is 28.1 Å². The molecule has 18 nitrogen and oxygen atoms in total. The number of carbonyl (C=O) groups is 4. The van der Waals surface area contributed by atoms with Gasteiger partial charge in [-0.15, -0.1) is 9.13 Å². The highest BCUT2D eigenvalue weighted by atomic mass is 16.2. The third kappa shape index (κ3) is 12.9. The summed E-state index contributed by atoms with van der Waals surface area (Å²) in [6.45, 7) is 12.4. The molecule has 3 amide bonds. The molecule has 8 aromatic rings. The summed E-state index contributed by atoms with van der Waals surface area (Å²) in [5.41, 5.74) is 38.4. The molecule has 0 saturated heterocycles. The second kappa shape index (κ2) is 24.8. The Morgan fingerprint density at radius 1 is 0.538 bits per heavy atom. The minimum absolute atomic E-state index is 0.00260. The molecule has 0 bridgehead atoms. The van der Waals surface area contributed by atoms with Gasteiger partial charge in [-0.3, -0.25) is 19.2 Å². The van der Waals surface area contributed by atoms with E-state index in [1.807, 2.05) is 137 Å². The molecule has 0 radical (unpaired) electrons.